The number of aromatic nitrogens is 1. The van der Waals surface area contributed by atoms with Crippen LogP contribution in [0.5, 0.6) is 0 Å². The van der Waals surface area contributed by atoms with Crippen LogP contribution in [0.2, 0.25) is 5.02 Å². The molecule has 4 rings (SSSR count). The van der Waals surface area contributed by atoms with Gasteiger partial charge in [-0.1, -0.05) is 48.0 Å². The van der Waals surface area contributed by atoms with Gasteiger partial charge in [0.2, 0.25) is 0 Å². The van der Waals surface area contributed by atoms with Crippen LogP contribution in [0.1, 0.15) is 10.4 Å². The Bertz CT molecular complexity index is 1140. The molecule has 3 nitrogen and oxygen atoms in total. The number of halogens is 2. The number of rotatable bonds is 3. The Morgan fingerprint density at radius 2 is 1.70 bits per heavy atom. The van der Waals surface area contributed by atoms with E-state index in [1.165, 1.54) is 12.1 Å². The minimum atomic E-state index is -0.408. The number of hydrogen-bond acceptors (Lipinski definition) is 2. The number of carbonyl (C=O) groups excluding carboxylic acids is 1. The zero-order valence-electron chi connectivity index (χ0n) is 14.1. The maximum atomic E-state index is 13.4. The Labute approximate surface area is 160 Å². The van der Waals surface area contributed by atoms with E-state index in [0.29, 0.717) is 27.5 Å². The van der Waals surface area contributed by atoms with Gasteiger partial charge in [0.1, 0.15) is 5.82 Å². The lowest BCUT2D eigenvalue weighted by molar-refractivity contribution is 0.102. The molecule has 132 valence electrons. The highest BCUT2D eigenvalue weighted by molar-refractivity contribution is 6.30. The van der Waals surface area contributed by atoms with E-state index in [1.54, 1.807) is 30.3 Å². The second-order valence-corrected chi connectivity index (χ2v) is 6.48. The average molecular weight is 377 g/mol. The van der Waals surface area contributed by atoms with E-state index >= 15 is 0 Å². The fraction of sp³-hybridized carbons (Fsp3) is 0. The number of nitrogens with zero attached hydrogens (tertiary/aromatic N) is 1. The Balaban J connectivity index is 1.80. The van der Waals surface area contributed by atoms with Gasteiger partial charge in [-0.05, 0) is 42.5 Å². The number of anilines is 1. The summed E-state index contributed by atoms with van der Waals surface area (Å²) in [6, 6.07) is 22.2. The number of hydrogen-bond donors (Lipinski definition) is 1. The molecule has 1 N–H and O–H groups in total. The molecule has 0 saturated carbocycles. The van der Waals surface area contributed by atoms with Crippen LogP contribution in [-0.4, -0.2) is 10.9 Å². The van der Waals surface area contributed by atoms with Crippen LogP contribution < -0.4 is 5.32 Å². The molecule has 1 heterocycles. The van der Waals surface area contributed by atoms with Gasteiger partial charge in [-0.2, -0.15) is 0 Å². The fourth-order valence-corrected chi connectivity index (χ4v) is 3.02. The lowest BCUT2D eigenvalue weighted by Crippen LogP contribution is -2.13. The zero-order chi connectivity index (χ0) is 18.8. The molecule has 0 bridgehead atoms. The zero-order valence-corrected chi connectivity index (χ0v) is 14.9. The largest absolute Gasteiger partial charge is 0.322 e. The van der Waals surface area contributed by atoms with Gasteiger partial charge in [0.05, 0.1) is 16.8 Å². The summed E-state index contributed by atoms with van der Waals surface area (Å²) in [5.41, 5.74) is 3.08. The molecule has 3 aromatic carbocycles. The van der Waals surface area contributed by atoms with E-state index in [2.05, 4.69) is 10.3 Å². The van der Waals surface area contributed by atoms with Crippen LogP contribution in [0.4, 0.5) is 10.1 Å². The van der Waals surface area contributed by atoms with E-state index in [4.69, 9.17) is 11.6 Å². The van der Waals surface area contributed by atoms with Crippen LogP contribution in [0.15, 0.2) is 78.9 Å². The number of pyridine rings is 1. The molecule has 1 amide bonds. The third-order valence-corrected chi connectivity index (χ3v) is 4.44. The molecular formula is C22H14ClFN2O. The highest BCUT2D eigenvalue weighted by Gasteiger charge is 2.14. The molecule has 0 aliphatic rings. The summed E-state index contributed by atoms with van der Waals surface area (Å²) in [6.07, 6.45) is 0. The van der Waals surface area contributed by atoms with Crippen LogP contribution in [0.25, 0.3) is 22.2 Å². The van der Waals surface area contributed by atoms with Gasteiger partial charge in [0.15, 0.2) is 0 Å². The average Bonchev–Trinajstić information content (AvgIpc) is 2.67. The lowest BCUT2D eigenvalue weighted by atomic mass is 10.0. The topological polar surface area (TPSA) is 42.0 Å². The van der Waals surface area contributed by atoms with Crippen molar-refractivity contribution in [2.24, 2.45) is 0 Å². The third kappa shape index (κ3) is 3.66. The summed E-state index contributed by atoms with van der Waals surface area (Å²) in [4.78, 5) is 17.6. The smallest absolute Gasteiger partial charge is 0.256 e. The lowest BCUT2D eigenvalue weighted by Gasteiger charge is -2.11. The van der Waals surface area contributed by atoms with Crippen LogP contribution in [0.3, 0.4) is 0 Å². The van der Waals surface area contributed by atoms with Gasteiger partial charge in [0, 0.05) is 21.7 Å². The molecule has 27 heavy (non-hydrogen) atoms. The molecule has 1 aromatic heterocycles. The van der Waals surface area contributed by atoms with Crippen molar-refractivity contribution in [1.29, 1.82) is 0 Å². The maximum absolute atomic E-state index is 13.4. The minimum Gasteiger partial charge on any atom is -0.322 e. The third-order valence-electron chi connectivity index (χ3n) is 4.18. The highest BCUT2D eigenvalue weighted by Crippen LogP contribution is 2.26. The maximum Gasteiger partial charge on any atom is 0.256 e. The summed E-state index contributed by atoms with van der Waals surface area (Å²) in [7, 11) is 0. The van der Waals surface area contributed by atoms with Crippen molar-refractivity contribution in [2.75, 3.05) is 5.32 Å². The summed E-state index contributed by atoms with van der Waals surface area (Å²) in [5.74, 6) is -0.733. The number of nitrogens with one attached hydrogen (secondary N) is 1. The summed E-state index contributed by atoms with van der Waals surface area (Å²) >= 11 is 5.96. The van der Waals surface area contributed by atoms with Crippen molar-refractivity contribution in [1.82, 2.24) is 4.98 Å². The van der Waals surface area contributed by atoms with Gasteiger partial charge in [-0.25, -0.2) is 9.37 Å². The van der Waals surface area contributed by atoms with Gasteiger partial charge in [0.25, 0.3) is 5.91 Å². The van der Waals surface area contributed by atoms with Crippen molar-refractivity contribution in [3.8, 4) is 11.3 Å². The van der Waals surface area contributed by atoms with Crippen molar-refractivity contribution >= 4 is 34.1 Å². The number of fused-ring (bicyclic) bond motifs is 1. The first-order valence-electron chi connectivity index (χ1n) is 8.33. The normalized spacial score (nSPS) is 10.7. The molecule has 0 radical (unpaired) electrons. The molecule has 0 fully saturated rings. The Morgan fingerprint density at radius 3 is 2.48 bits per heavy atom. The molecular weight excluding hydrogens is 363 g/mol. The molecule has 0 aliphatic heterocycles. The van der Waals surface area contributed by atoms with Crippen LogP contribution >= 0.6 is 11.6 Å². The molecule has 0 saturated heterocycles. The van der Waals surface area contributed by atoms with Gasteiger partial charge < -0.3 is 5.32 Å². The summed E-state index contributed by atoms with van der Waals surface area (Å²) in [6.45, 7) is 0. The van der Waals surface area contributed by atoms with Crippen LogP contribution in [0, 0.1) is 5.82 Å². The van der Waals surface area contributed by atoms with E-state index in [9.17, 15) is 9.18 Å². The number of carbonyl (C=O) groups is 1. The molecule has 0 aliphatic carbocycles. The Kier molecular flexibility index (Phi) is 4.57. The first-order chi connectivity index (χ1) is 13.1. The van der Waals surface area contributed by atoms with E-state index in [-0.39, 0.29) is 5.91 Å². The molecule has 0 atom stereocenters. The minimum absolute atomic E-state index is 0.325. The predicted molar refractivity (Wildman–Crippen MR) is 107 cm³/mol. The quantitative estimate of drug-likeness (QED) is 0.480. The summed E-state index contributed by atoms with van der Waals surface area (Å²) < 4.78 is 13.4. The Morgan fingerprint density at radius 1 is 0.926 bits per heavy atom. The second-order valence-electron chi connectivity index (χ2n) is 6.04. The van der Waals surface area contributed by atoms with E-state index < -0.39 is 5.82 Å². The molecule has 5 heteroatoms. The molecule has 4 aromatic rings. The number of para-hydroxylation sites is 1. The van der Waals surface area contributed by atoms with Gasteiger partial charge in [-0.3, -0.25) is 4.79 Å². The number of benzene rings is 3. The van der Waals surface area contributed by atoms with Gasteiger partial charge in [-0.15, -0.1) is 0 Å². The highest BCUT2D eigenvalue weighted by atomic mass is 35.5. The summed E-state index contributed by atoms with van der Waals surface area (Å²) in [5, 5.41) is 4.11. The van der Waals surface area contributed by atoms with Gasteiger partial charge >= 0.3 is 0 Å². The first-order valence-corrected chi connectivity index (χ1v) is 8.70. The Hall–Kier alpha value is -3.24. The standard InChI is InChI=1S/C22H14ClFN2O/c23-15-10-8-14(9-11-15)21-13-19(18-6-1-2-7-20(18)26-21)22(27)25-17-5-3-4-16(24)12-17/h1-13H,(H,25,27). The SMILES string of the molecule is O=C(Nc1cccc(F)c1)c1cc(-c2ccc(Cl)cc2)nc2ccccc12. The number of amides is 1. The molecule has 0 unspecified atom stereocenters. The van der Waals surface area contributed by atoms with Crippen molar-refractivity contribution in [2.45, 2.75) is 0 Å². The van der Waals surface area contributed by atoms with Crippen LogP contribution in [-0.2, 0) is 0 Å². The van der Waals surface area contributed by atoms with Crippen molar-refractivity contribution < 1.29 is 9.18 Å². The first kappa shape index (κ1) is 17.2. The fourth-order valence-electron chi connectivity index (χ4n) is 2.90. The van der Waals surface area contributed by atoms with E-state index in [0.717, 1.165) is 10.9 Å². The van der Waals surface area contributed by atoms with Crippen molar-refractivity contribution in [3.63, 3.8) is 0 Å². The predicted octanol–water partition coefficient (Wildman–Crippen LogP) is 5.95. The second kappa shape index (κ2) is 7.17. The van der Waals surface area contributed by atoms with E-state index in [1.807, 2.05) is 36.4 Å². The molecule has 0 spiro atoms. The van der Waals surface area contributed by atoms with Crippen molar-refractivity contribution in [3.05, 3.63) is 95.3 Å². The monoisotopic (exact) mass is 376 g/mol.